The molecule has 214 valence electrons. The summed E-state index contributed by atoms with van der Waals surface area (Å²) in [6.07, 6.45) is -1.16. The monoisotopic (exact) mass is 561 g/mol. The van der Waals surface area contributed by atoms with Crippen LogP contribution in [0.2, 0.25) is 0 Å². The molecule has 2 N–H and O–H groups in total. The number of aromatic amines is 1. The third-order valence-electron chi connectivity index (χ3n) is 7.37. The third-order valence-corrected chi connectivity index (χ3v) is 7.37. The topological polar surface area (TPSA) is 123 Å². The summed E-state index contributed by atoms with van der Waals surface area (Å²) in [6, 6.07) is 8.85. The number of H-pyrrole nitrogens is 1. The second-order valence-electron chi connectivity index (χ2n) is 10.5. The zero-order chi connectivity index (χ0) is 29.0. The van der Waals surface area contributed by atoms with E-state index in [1.54, 1.807) is 35.3 Å². The van der Waals surface area contributed by atoms with Crippen molar-refractivity contribution in [3.05, 3.63) is 47.5 Å². The minimum atomic E-state index is -0.718. The van der Waals surface area contributed by atoms with E-state index in [2.05, 4.69) is 20.4 Å². The molecule has 1 aliphatic heterocycles. The van der Waals surface area contributed by atoms with Crippen molar-refractivity contribution in [3.63, 3.8) is 0 Å². The van der Waals surface area contributed by atoms with E-state index in [1.807, 2.05) is 38.1 Å². The van der Waals surface area contributed by atoms with Crippen LogP contribution in [-0.4, -0.2) is 78.1 Å². The molecular weight excluding hydrogens is 529 g/mol. The van der Waals surface area contributed by atoms with Gasteiger partial charge in [0.15, 0.2) is 5.82 Å². The Labute approximate surface area is 235 Å². The van der Waals surface area contributed by atoms with Crippen molar-refractivity contribution in [2.24, 2.45) is 7.05 Å². The summed E-state index contributed by atoms with van der Waals surface area (Å²) >= 11 is 0. The number of carbonyl (C=O) groups excluding carboxylic acids is 1. The summed E-state index contributed by atoms with van der Waals surface area (Å²) in [5.74, 6) is -0.284. The van der Waals surface area contributed by atoms with Gasteiger partial charge in [-0.1, -0.05) is 6.07 Å². The van der Waals surface area contributed by atoms with Crippen molar-refractivity contribution in [1.82, 2.24) is 34.7 Å². The molecule has 4 heterocycles. The number of amides is 1. The molecular formula is C29H32FN7O4. The van der Waals surface area contributed by atoms with Crippen LogP contribution in [0.3, 0.4) is 0 Å². The standard InChI is InChI=1S/C29H32FN7O4/c1-6-36-13-16(3)41-29-24(23(14-40-5)33-35(29)4)18-10-20-25(31-32-26(20)21(30)11-18)17-7-8-22-19(9-17)27(28(36)39)37(34-22)12-15(2)38/h7-11,15-16,38H,6,12-14H2,1-5H3,(H,31,32)/t15-,16?/m0/s1. The molecule has 5 aromatic rings. The average molecular weight is 562 g/mol. The molecule has 3 aromatic heterocycles. The van der Waals surface area contributed by atoms with E-state index in [0.29, 0.717) is 62.5 Å². The fourth-order valence-electron chi connectivity index (χ4n) is 5.60. The molecule has 12 heteroatoms. The van der Waals surface area contributed by atoms with Crippen molar-refractivity contribution in [2.75, 3.05) is 20.2 Å². The summed E-state index contributed by atoms with van der Waals surface area (Å²) in [7, 11) is 3.34. The molecule has 41 heavy (non-hydrogen) atoms. The van der Waals surface area contributed by atoms with Crippen molar-refractivity contribution >= 4 is 27.7 Å². The van der Waals surface area contributed by atoms with E-state index in [0.717, 1.165) is 0 Å². The lowest BCUT2D eigenvalue weighted by molar-refractivity contribution is 0.0663. The Morgan fingerprint density at radius 3 is 2.73 bits per heavy atom. The van der Waals surface area contributed by atoms with Crippen LogP contribution in [0.15, 0.2) is 30.3 Å². The van der Waals surface area contributed by atoms with E-state index in [9.17, 15) is 9.90 Å². The Bertz CT molecular complexity index is 1790. The molecule has 0 saturated carbocycles. The highest BCUT2D eigenvalue weighted by Gasteiger charge is 2.29. The van der Waals surface area contributed by atoms with Crippen molar-refractivity contribution in [2.45, 2.75) is 46.1 Å². The molecule has 0 spiro atoms. The number of rotatable bonds is 5. The predicted octanol–water partition coefficient (Wildman–Crippen LogP) is 3.89. The molecule has 1 aliphatic rings. The number of aliphatic hydroxyl groups excluding tert-OH is 1. The van der Waals surface area contributed by atoms with Crippen molar-refractivity contribution in [1.29, 1.82) is 0 Å². The number of likely N-dealkylation sites (N-methyl/N-ethyl adjacent to an activating group) is 1. The summed E-state index contributed by atoms with van der Waals surface area (Å²) in [6.45, 7) is 6.48. The normalized spacial score (nSPS) is 16.3. The number of ether oxygens (including phenoxy) is 2. The second kappa shape index (κ2) is 10.3. The number of aliphatic hydroxyl groups is 1. The van der Waals surface area contributed by atoms with Gasteiger partial charge < -0.3 is 19.5 Å². The van der Waals surface area contributed by atoms with Crippen molar-refractivity contribution in [3.8, 4) is 28.3 Å². The Morgan fingerprint density at radius 2 is 2.00 bits per heavy atom. The number of aromatic nitrogens is 6. The lowest BCUT2D eigenvalue weighted by Crippen LogP contribution is -2.40. The number of hydrogen-bond acceptors (Lipinski definition) is 7. The maximum Gasteiger partial charge on any atom is 0.272 e. The highest BCUT2D eigenvalue weighted by molar-refractivity contribution is 6.07. The molecule has 11 nitrogen and oxygen atoms in total. The smallest absolute Gasteiger partial charge is 0.272 e. The number of benzene rings is 2. The molecule has 2 aromatic carbocycles. The molecule has 0 fully saturated rings. The quantitative estimate of drug-likeness (QED) is 0.334. The average Bonchev–Trinajstić information content (AvgIpc) is 3.59. The number of aryl methyl sites for hydroxylation is 1. The van der Waals surface area contributed by atoms with Crippen LogP contribution in [0.1, 0.15) is 37.0 Å². The zero-order valence-corrected chi connectivity index (χ0v) is 23.6. The lowest BCUT2D eigenvalue weighted by atomic mass is 10.00. The minimum absolute atomic E-state index is 0.150. The largest absolute Gasteiger partial charge is 0.472 e. The Balaban J connectivity index is 1.66. The van der Waals surface area contributed by atoms with Crippen LogP contribution in [0, 0.1) is 5.82 Å². The lowest BCUT2D eigenvalue weighted by Gasteiger charge is -2.26. The molecule has 0 aliphatic carbocycles. The Kier molecular flexibility index (Phi) is 6.74. The van der Waals surface area contributed by atoms with Gasteiger partial charge in [0, 0.05) is 37.0 Å². The van der Waals surface area contributed by atoms with E-state index >= 15 is 4.39 Å². The maximum absolute atomic E-state index is 15.6. The number of methoxy groups -OCH3 is 1. The number of carbonyl (C=O) groups is 1. The zero-order valence-electron chi connectivity index (χ0n) is 23.6. The summed E-state index contributed by atoms with van der Waals surface area (Å²) in [4.78, 5) is 15.8. The van der Waals surface area contributed by atoms with Crippen LogP contribution >= 0.6 is 0 Å². The first-order valence-corrected chi connectivity index (χ1v) is 13.6. The van der Waals surface area contributed by atoms with Gasteiger partial charge in [-0.05, 0) is 50.6 Å². The first kappa shape index (κ1) is 26.9. The van der Waals surface area contributed by atoms with Gasteiger partial charge in [-0.3, -0.25) is 14.6 Å². The molecule has 1 unspecified atom stereocenters. The number of fused-ring (bicyclic) bond motifs is 5. The molecule has 0 radical (unpaired) electrons. The van der Waals surface area contributed by atoms with Gasteiger partial charge in [0.1, 0.15) is 17.3 Å². The third kappa shape index (κ3) is 4.52. The van der Waals surface area contributed by atoms with Crippen LogP contribution in [0.25, 0.3) is 44.2 Å². The molecule has 6 rings (SSSR count). The van der Waals surface area contributed by atoms with E-state index < -0.39 is 18.0 Å². The van der Waals surface area contributed by atoms with Gasteiger partial charge in [-0.25, -0.2) is 9.07 Å². The SMILES string of the molecule is CCN1CC(C)Oc2c(c(COC)nn2C)-c2cc(F)c3n[nH]c(c3c2)-c2ccc3nn(C[C@H](C)O)c(c3c2)C1=O. The number of hydrogen-bond donors (Lipinski definition) is 2. The fourth-order valence-corrected chi connectivity index (χ4v) is 5.60. The van der Waals surface area contributed by atoms with Crippen LogP contribution in [0.4, 0.5) is 4.39 Å². The number of halogens is 1. The van der Waals surface area contributed by atoms with Crippen LogP contribution in [-0.2, 0) is 24.9 Å². The molecule has 2 atom stereocenters. The van der Waals surface area contributed by atoms with E-state index in [1.165, 1.54) is 6.07 Å². The van der Waals surface area contributed by atoms with Gasteiger partial charge in [0.05, 0.1) is 48.3 Å². The molecule has 0 saturated heterocycles. The Hall–Kier alpha value is -4.29. The highest BCUT2D eigenvalue weighted by atomic mass is 19.1. The molecule has 4 bridgehead atoms. The van der Waals surface area contributed by atoms with Gasteiger partial charge in [0.2, 0.25) is 5.88 Å². The van der Waals surface area contributed by atoms with Crippen LogP contribution < -0.4 is 4.74 Å². The van der Waals surface area contributed by atoms with E-state index in [4.69, 9.17) is 9.47 Å². The first-order valence-electron chi connectivity index (χ1n) is 13.6. The summed E-state index contributed by atoms with van der Waals surface area (Å²) < 4.78 is 30.6. The minimum Gasteiger partial charge on any atom is -0.472 e. The summed E-state index contributed by atoms with van der Waals surface area (Å²) in [5, 5.41) is 27.9. The number of nitrogens with zero attached hydrogens (tertiary/aromatic N) is 6. The fraction of sp³-hybridized carbons (Fsp3) is 0.379. The molecule has 1 amide bonds. The Morgan fingerprint density at radius 1 is 1.22 bits per heavy atom. The predicted molar refractivity (Wildman–Crippen MR) is 151 cm³/mol. The van der Waals surface area contributed by atoms with Gasteiger partial charge >= 0.3 is 0 Å². The van der Waals surface area contributed by atoms with Gasteiger partial charge in [-0.2, -0.15) is 15.3 Å². The summed E-state index contributed by atoms with van der Waals surface area (Å²) in [5.41, 5.74) is 4.27. The first-order chi connectivity index (χ1) is 19.7. The van der Waals surface area contributed by atoms with Crippen LogP contribution in [0.5, 0.6) is 5.88 Å². The van der Waals surface area contributed by atoms with Crippen molar-refractivity contribution < 1.29 is 23.8 Å². The van der Waals surface area contributed by atoms with Gasteiger partial charge in [0.25, 0.3) is 5.91 Å². The highest BCUT2D eigenvalue weighted by Crippen LogP contribution is 2.39. The number of nitrogens with one attached hydrogen (secondary N) is 1. The van der Waals surface area contributed by atoms with Gasteiger partial charge in [-0.15, -0.1) is 0 Å². The maximum atomic E-state index is 15.6. The second-order valence-corrected chi connectivity index (χ2v) is 10.5. The van der Waals surface area contributed by atoms with E-state index in [-0.39, 0.29) is 31.1 Å².